The monoisotopic (exact) mass is 366 g/mol. The van der Waals surface area contributed by atoms with Crippen molar-refractivity contribution >= 4 is 17.5 Å². The summed E-state index contributed by atoms with van der Waals surface area (Å²) in [6, 6.07) is 9.85. The molecular formula is C21H26N4O2. The van der Waals surface area contributed by atoms with E-state index in [2.05, 4.69) is 15.2 Å². The van der Waals surface area contributed by atoms with Gasteiger partial charge in [0, 0.05) is 51.4 Å². The van der Waals surface area contributed by atoms with Crippen molar-refractivity contribution in [3.05, 3.63) is 59.4 Å². The molecule has 2 amide bonds. The Balaban J connectivity index is 1.62. The van der Waals surface area contributed by atoms with Gasteiger partial charge < -0.3 is 10.2 Å². The van der Waals surface area contributed by atoms with Crippen molar-refractivity contribution in [1.82, 2.24) is 14.8 Å². The van der Waals surface area contributed by atoms with Crippen LogP contribution in [0, 0.1) is 6.92 Å². The van der Waals surface area contributed by atoms with Crippen molar-refractivity contribution in [1.29, 1.82) is 0 Å². The Morgan fingerprint density at radius 3 is 2.85 bits per heavy atom. The van der Waals surface area contributed by atoms with Gasteiger partial charge >= 0.3 is 0 Å². The van der Waals surface area contributed by atoms with Gasteiger partial charge in [0.2, 0.25) is 5.91 Å². The number of likely N-dealkylation sites (N-methyl/N-ethyl adjacent to an activating group) is 1. The molecule has 6 heteroatoms. The van der Waals surface area contributed by atoms with E-state index in [0.29, 0.717) is 11.3 Å². The van der Waals surface area contributed by atoms with Gasteiger partial charge in [-0.2, -0.15) is 0 Å². The largest absolute Gasteiger partial charge is 0.342 e. The van der Waals surface area contributed by atoms with Crippen molar-refractivity contribution in [3.8, 4) is 0 Å². The fraction of sp³-hybridized carbons (Fsp3) is 0.381. The lowest BCUT2D eigenvalue weighted by molar-refractivity contribution is -0.129. The molecule has 0 spiro atoms. The summed E-state index contributed by atoms with van der Waals surface area (Å²) in [5, 5.41) is 2.90. The third-order valence-corrected chi connectivity index (χ3v) is 5.02. The number of nitrogens with one attached hydrogen (secondary N) is 1. The topological polar surface area (TPSA) is 65.5 Å². The second-order valence-electron chi connectivity index (χ2n) is 7.21. The van der Waals surface area contributed by atoms with Gasteiger partial charge in [-0.25, -0.2) is 0 Å². The molecule has 6 nitrogen and oxygen atoms in total. The Kier molecular flexibility index (Phi) is 5.86. The number of hydrogen-bond donors (Lipinski definition) is 1. The Labute approximate surface area is 160 Å². The standard InChI is InChI=1S/C21H26N4O2/c1-15-9-19(12-22-11-15)23-21(27)18-6-4-5-17(10-18)13-25-8-7-20(14-25)24(3)16(2)26/h4-6,9-12,20H,7-8,13-14H2,1-3H3,(H,23,27). The number of pyridine rings is 1. The molecule has 1 saturated heterocycles. The Morgan fingerprint density at radius 2 is 2.11 bits per heavy atom. The quantitative estimate of drug-likeness (QED) is 0.884. The molecule has 3 rings (SSSR count). The molecule has 0 aliphatic carbocycles. The number of likely N-dealkylation sites (tertiary alicyclic amines) is 1. The average Bonchev–Trinajstić information content (AvgIpc) is 3.09. The first-order valence-corrected chi connectivity index (χ1v) is 9.20. The predicted molar refractivity (Wildman–Crippen MR) is 105 cm³/mol. The van der Waals surface area contributed by atoms with Crippen LogP contribution >= 0.6 is 0 Å². The molecule has 1 aromatic heterocycles. The third kappa shape index (κ3) is 4.92. The van der Waals surface area contributed by atoms with E-state index in [1.807, 2.05) is 49.2 Å². The smallest absolute Gasteiger partial charge is 0.255 e. The van der Waals surface area contributed by atoms with E-state index in [9.17, 15) is 9.59 Å². The highest BCUT2D eigenvalue weighted by Crippen LogP contribution is 2.18. The van der Waals surface area contributed by atoms with E-state index >= 15 is 0 Å². The van der Waals surface area contributed by atoms with Crippen LogP contribution in [0.5, 0.6) is 0 Å². The maximum Gasteiger partial charge on any atom is 0.255 e. The summed E-state index contributed by atoms with van der Waals surface area (Å²) in [6.45, 7) is 6.13. The van der Waals surface area contributed by atoms with Crippen LogP contribution in [0.2, 0.25) is 0 Å². The Bertz CT molecular complexity index is 836. The van der Waals surface area contributed by atoms with Crippen molar-refractivity contribution in [2.75, 3.05) is 25.5 Å². The van der Waals surface area contributed by atoms with Crippen molar-refractivity contribution in [2.24, 2.45) is 0 Å². The van der Waals surface area contributed by atoms with E-state index in [1.54, 1.807) is 19.3 Å². The van der Waals surface area contributed by atoms with Crippen molar-refractivity contribution in [3.63, 3.8) is 0 Å². The summed E-state index contributed by atoms with van der Waals surface area (Å²) < 4.78 is 0. The summed E-state index contributed by atoms with van der Waals surface area (Å²) in [4.78, 5) is 32.3. The summed E-state index contributed by atoms with van der Waals surface area (Å²) in [7, 11) is 1.86. The number of carbonyl (C=O) groups excluding carboxylic acids is 2. The lowest BCUT2D eigenvalue weighted by Crippen LogP contribution is -2.37. The highest BCUT2D eigenvalue weighted by molar-refractivity contribution is 6.04. The predicted octanol–water partition coefficient (Wildman–Crippen LogP) is 2.69. The van der Waals surface area contributed by atoms with Crippen LogP contribution in [0.4, 0.5) is 5.69 Å². The highest BCUT2D eigenvalue weighted by Gasteiger charge is 2.26. The van der Waals surface area contributed by atoms with Gasteiger partial charge in [0.25, 0.3) is 5.91 Å². The number of aromatic nitrogens is 1. The maximum atomic E-state index is 12.5. The van der Waals surface area contributed by atoms with Crippen LogP contribution in [-0.2, 0) is 11.3 Å². The first-order chi connectivity index (χ1) is 12.9. The van der Waals surface area contributed by atoms with E-state index in [0.717, 1.165) is 37.2 Å². The van der Waals surface area contributed by atoms with Gasteiger partial charge in [-0.05, 0) is 42.7 Å². The van der Waals surface area contributed by atoms with Gasteiger partial charge in [0.15, 0.2) is 0 Å². The van der Waals surface area contributed by atoms with Gasteiger partial charge in [-0.15, -0.1) is 0 Å². The zero-order chi connectivity index (χ0) is 19.4. The number of amides is 2. The van der Waals surface area contributed by atoms with Crippen LogP contribution in [0.15, 0.2) is 42.7 Å². The van der Waals surface area contributed by atoms with Gasteiger partial charge in [0.1, 0.15) is 0 Å². The summed E-state index contributed by atoms with van der Waals surface area (Å²) in [6.07, 6.45) is 4.38. The molecule has 1 aromatic carbocycles. The zero-order valence-electron chi connectivity index (χ0n) is 16.1. The fourth-order valence-electron chi connectivity index (χ4n) is 3.42. The van der Waals surface area contributed by atoms with E-state index < -0.39 is 0 Å². The van der Waals surface area contributed by atoms with E-state index in [4.69, 9.17) is 0 Å². The number of rotatable bonds is 5. The second-order valence-corrected chi connectivity index (χ2v) is 7.21. The molecule has 1 fully saturated rings. The zero-order valence-corrected chi connectivity index (χ0v) is 16.1. The minimum atomic E-state index is -0.139. The Morgan fingerprint density at radius 1 is 1.30 bits per heavy atom. The molecule has 2 aromatic rings. The normalized spacial score (nSPS) is 16.9. The maximum absolute atomic E-state index is 12.5. The number of hydrogen-bond acceptors (Lipinski definition) is 4. The molecule has 1 aliphatic rings. The minimum Gasteiger partial charge on any atom is -0.342 e. The molecule has 2 heterocycles. The lowest BCUT2D eigenvalue weighted by atomic mass is 10.1. The first kappa shape index (κ1) is 19.0. The van der Waals surface area contributed by atoms with Crippen molar-refractivity contribution < 1.29 is 9.59 Å². The SMILES string of the molecule is CC(=O)N(C)C1CCN(Cc2cccc(C(=O)Nc3cncc(C)c3)c2)C1. The molecule has 0 saturated carbocycles. The molecule has 1 aliphatic heterocycles. The Hall–Kier alpha value is -2.73. The van der Waals surface area contributed by atoms with Gasteiger partial charge in [-0.1, -0.05) is 12.1 Å². The lowest BCUT2D eigenvalue weighted by Gasteiger charge is -2.23. The second kappa shape index (κ2) is 8.31. The van der Waals surface area contributed by atoms with Crippen LogP contribution in [0.1, 0.15) is 34.8 Å². The van der Waals surface area contributed by atoms with Crippen LogP contribution < -0.4 is 5.32 Å². The van der Waals surface area contributed by atoms with E-state index in [1.165, 1.54) is 0 Å². The number of aryl methyl sites for hydroxylation is 1. The molecule has 142 valence electrons. The van der Waals surface area contributed by atoms with Crippen LogP contribution in [-0.4, -0.2) is 52.8 Å². The summed E-state index contributed by atoms with van der Waals surface area (Å²) >= 11 is 0. The van der Waals surface area contributed by atoms with E-state index in [-0.39, 0.29) is 17.9 Å². The molecule has 27 heavy (non-hydrogen) atoms. The third-order valence-electron chi connectivity index (χ3n) is 5.02. The number of anilines is 1. The number of benzene rings is 1. The van der Waals surface area contributed by atoms with Crippen LogP contribution in [0.25, 0.3) is 0 Å². The molecule has 1 N–H and O–H groups in total. The number of carbonyl (C=O) groups is 2. The molecular weight excluding hydrogens is 340 g/mol. The minimum absolute atomic E-state index is 0.103. The molecule has 1 unspecified atom stereocenters. The fourth-order valence-corrected chi connectivity index (χ4v) is 3.42. The van der Waals surface area contributed by atoms with Crippen molar-refractivity contribution in [2.45, 2.75) is 32.9 Å². The number of nitrogens with zero attached hydrogens (tertiary/aromatic N) is 3. The van der Waals surface area contributed by atoms with Gasteiger partial charge in [-0.3, -0.25) is 19.5 Å². The average molecular weight is 366 g/mol. The molecule has 1 atom stereocenters. The molecule has 0 bridgehead atoms. The first-order valence-electron chi connectivity index (χ1n) is 9.20. The van der Waals surface area contributed by atoms with Gasteiger partial charge in [0.05, 0.1) is 11.9 Å². The summed E-state index contributed by atoms with van der Waals surface area (Å²) in [5.41, 5.74) is 3.42. The highest BCUT2D eigenvalue weighted by atomic mass is 16.2. The molecule has 0 radical (unpaired) electrons. The van der Waals surface area contributed by atoms with Crippen LogP contribution in [0.3, 0.4) is 0 Å². The summed E-state index contributed by atoms with van der Waals surface area (Å²) in [5.74, 6) is -0.0361.